The van der Waals surface area contributed by atoms with Crippen molar-refractivity contribution in [3.63, 3.8) is 0 Å². The lowest BCUT2D eigenvalue weighted by Crippen LogP contribution is -2.01. The molecule has 6 heteroatoms. The largest absolute Gasteiger partial charge is 0.309 e. The smallest absolute Gasteiger partial charge is 0.160 e. The number of hydrogen-bond donors (Lipinski definition) is 0. The van der Waals surface area contributed by atoms with Crippen molar-refractivity contribution in [2.75, 3.05) is 0 Å². The van der Waals surface area contributed by atoms with Crippen molar-refractivity contribution < 1.29 is 0 Å². The molecule has 0 aliphatic rings. The van der Waals surface area contributed by atoms with E-state index in [0.29, 0.717) is 5.82 Å². The first-order chi connectivity index (χ1) is 25.8. The van der Waals surface area contributed by atoms with Crippen LogP contribution in [0.15, 0.2) is 170 Å². The highest BCUT2D eigenvalue weighted by Gasteiger charge is 2.19. The SMILES string of the molecule is c1ccc(-c2nc(-c3ccc4c(c3)c3ccccc3n4-c3ccccc3)c3ccc4ccc(-n5c6ccccc6c6cccnc65)nc4c3n2)cc1. The molecule has 0 unspecified atom stereocenters. The van der Waals surface area contributed by atoms with E-state index in [2.05, 4.69) is 149 Å². The molecule has 0 aliphatic carbocycles. The van der Waals surface area contributed by atoms with Crippen LogP contribution in [0.5, 0.6) is 0 Å². The third-order valence-electron chi connectivity index (χ3n) is 10.2. The Morgan fingerprint density at radius 1 is 0.404 bits per heavy atom. The summed E-state index contributed by atoms with van der Waals surface area (Å²) in [6, 6.07) is 57.1. The second-order valence-electron chi connectivity index (χ2n) is 13.1. The summed E-state index contributed by atoms with van der Waals surface area (Å²) in [6.07, 6.45) is 1.84. The topological polar surface area (TPSA) is 61.4 Å². The molecule has 0 N–H and O–H groups in total. The minimum Gasteiger partial charge on any atom is -0.309 e. The number of benzene rings is 6. The molecule has 0 spiro atoms. The average Bonchev–Trinajstić information content (AvgIpc) is 3.73. The fourth-order valence-electron chi connectivity index (χ4n) is 7.83. The van der Waals surface area contributed by atoms with Gasteiger partial charge in [0.2, 0.25) is 0 Å². The van der Waals surface area contributed by atoms with E-state index >= 15 is 0 Å². The molecule has 0 saturated heterocycles. The summed E-state index contributed by atoms with van der Waals surface area (Å²) in [4.78, 5) is 20.7. The van der Waals surface area contributed by atoms with Crippen molar-refractivity contribution in [1.82, 2.24) is 29.1 Å². The molecule has 0 atom stereocenters. The van der Waals surface area contributed by atoms with E-state index in [1.807, 2.05) is 30.5 Å². The van der Waals surface area contributed by atoms with Gasteiger partial charge in [-0.25, -0.2) is 19.9 Å². The molecule has 0 aliphatic heterocycles. The lowest BCUT2D eigenvalue weighted by atomic mass is 10.0. The Hall–Kier alpha value is -7.18. The predicted molar refractivity (Wildman–Crippen MR) is 212 cm³/mol. The maximum Gasteiger partial charge on any atom is 0.160 e. The zero-order chi connectivity index (χ0) is 34.2. The van der Waals surface area contributed by atoms with Gasteiger partial charge in [-0.2, -0.15) is 0 Å². The highest BCUT2D eigenvalue weighted by atomic mass is 15.1. The molecule has 5 aromatic heterocycles. The van der Waals surface area contributed by atoms with Gasteiger partial charge in [0.1, 0.15) is 17.0 Å². The maximum atomic E-state index is 5.37. The van der Waals surface area contributed by atoms with E-state index in [-0.39, 0.29) is 0 Å². The first-order valence-electron chi connectivity index (χ1n) is 17.4. The Morgan fingerprint density at radius 3 is 1.90 bits per heavy atom. The lowest BCUT2D eigenvalue weighted by Gasteiger charge is -2.13. The summed E-state index contributed by atoms with van der Waals surface area (Å²) < 4.78 is 4.49. The number of pyridine rings is 2. The van der Waals surface area contributed by atoms with Crippen molar-refractivity contribution in [2.45, 2.75) is 0 Å². The Balaban J connectivity index is 1.19. The average molecular weight is 665 g/mol. The summed E-state index contributed by atoms with van der Waals surface area (Å²) in [7, 11) is 0. The Kier molecular flexibility index (Phi) is 6.15. The van der Waals surface area contributed by atoms with Crippen LogP contribution in [-0.4, -0.2) is 29.1 Å². The molecule has 242 valence electrons. The highest BCUT2D eigenvalue weighted by molar-refractivity contribution is 6.13. The summed E-state index contributed by atoms with van der Waals surface area (Å²) in [5.74, 6) is 1.45. The van der Waals surface area contributed by atoms with Gasteiger partial charge in [0.05, 0.1) is 27.8 Å². The van der Waals surface area contributed by atoms with Crippen LogP contribution in [-0.2, 0) is 0 Å². The van der Waals surface area contributed by atoms with Crippen LogP contribution in [0.1, 0.15) is 0 Å². The standard InChI is InChI=1S/C46H28N6/c1-3-12-30(13-4-1)45-49-42(31-22-25-40-37(28-31)34-17-8-9-19-38(34)51(40)32-14-5-2-6-15-32)36-24-21-29-23-26-41(48-43(29)44(36)50-45)52-39-20-10-7-16-33(39)35-18-11-27-47-46(35)52/h1-28H. The molecule has 0 radical (unpaired) electrons. The molecular formula is C46H28N6. The summed E-state index contributed by atoms with van der Waals surface area (Å²) in [6.45, 7) is 0. The highest BCUT2D eigenvalue weighted by Crippen LogP contribution is 2.38. The number of para-hydroxylation sites is 3. The van der Waals surface area contributed by atoms with Crippen molar-refractivity contribution in [1.29, 1.82) is 0 Å². The first-order valence-corrected chi connectivity index (χ1v) is 17.4. The van der Waals surface area contributed by atoms with E-state index in [1.54, 1.807) is 0 Å². The molecule has 6 nitrogen and oxygen atoms in total. The maximum absolute atomic E-state index is 5.37. The number of aromatic nitrogens is 6. The summed E-state index contributed by atoms with van der Waals surface area (Å²) in [5.41, 5.74) is 9.85. The Bertz CT molecular complexity index is 3130. The van der Waals surface area contributed by atoms with Crippen LogP contribution in [0.2, 0.25) is 0 Å². The van der Waals surface area contributed by atoms with Gasteiger partial charge in [-0.15, -0.1) is 0 Å². The summed E-state index contributed by atoms with van der Waals surface area (Å²) >= 11 is 0. The molecule has 11 aromatic rings. The number of hydrogen-bond acceptors (Lipinski definition) is 4. The minimum atomic E-state index is 0.660. The van der Waals surface area contributed by atoms with Crippen molar-refractivity contribution >= 4 is 65.5 Å². The zero-order valence-corrected chi connectivity index (χ0v) is 27.8. The van der Waals surface area contributed by atoms with Gasteiger partial charge >= 0.3 is 0 Å². The lowest BCUT2D eigenvalue weighted by molar-refractivity contribution is 1.07. The van der Waals surface area contributed by atoms with Crippen LogP contribution in [0.3, 0.4) is 0 Å². The Labute approximate surface area is 297 Å². The van der Waals surface area contributed by atoms with E-state index < -0.39 is 0 Å². The van der Waals surface area contributed by atoms with E-state index in [9.17, 15) is 0 Å². The predicted octanol–water partition coefficient (Wildman–Crippen LogP) is 11.1. The Morgan fingerprint density at radius 2 is 1.08 bits per heavy atom. The molecule has 5 heterocycles. The molecular weight excluding hydrogens is 637 g/mol. The van der Waals surface area contributed by atoms with Crippen molar-refractivity contribution in [3.8, 4) is 34.2 Å². The van der Waals surface area contributed by atoms with Crippen molar-refractivity contribution in [3.05, 3.63) is 170 Å². The quantitative estimate of drug-likeness (QED) is 0.176. The second kappa shape index (κ2) is 11.2. The van der Waals surface area contributed by atoms with Crippen LogP contribution in [0.4, 0.5) is 0 Å². The van der Waals surface area contributed by atoms with Crippen LogP contribution in [0.25, 0.3) is 99.7 Å². The van der Waals surface area contributed by atoms with Crippen molar-refractivity contribution in [2.24, 2.45) is 0 Å². The van der Waals surface area contributed by atoms with Gasteiger partial charge in [0.25, 0.3) is 0 Å². The monoisotopic (exact) mass is 664 g/mol. The van der Waals surface area contributed by atoms with Gasteiger partial charge in [0, 0.05) is 55.3 Å². The zero-order valence-electron chi connectivity index (χ0n) is 27.8. The third kappa shape index (κ3) is 4.25. The molecule has 11 rings (SSSR count). The van der Waals surface area contributed by atoms with E-state index in [0.717, 1.165) is 77.6 Å². The van der Waals surface area contributed by atoms with Crippen LogP contribution < -0.4 is 0 Å². The normalized spacial score (nSPS) is 11.8. The fourth-order valence-corrected chi connectivity index (χ4v) is 7.83. The summed E-state index contributed by atoms with van der Waals surface area (Å²) in [5, 5.41) is 6.56. The molecule has 0 bridgehead atoms. The minimum absolute atomic E-state index is 0.660. The van der Waals surface area contributed by atoms with E-state index in [1.165, 1.54) is 16.3 Å². The van der Waals surface area contributed by atoms with Gasteiger partial charge in [-0.05, 0) is 66.7 Å². The van der Waals surface area contributed by atoms with Gasteiger partial charge in [-0.3, -0.25) is 4.57 Å². The third-order valence-corrected chi connectivity index (χ3v) is 10.2. The number of fused-ring (bicyclic) bond motifs is 9. The first kappa shape index (κ1) is 28.6. The van der Waals surface area contributed by atoms with Crippen LogP contribution in [0, 0.1) is 0 Å². The van der Waals surface area contributed by atoms with Gasteiger partial charge in [-0.1, -0.05) is 97.1 Å². The molecule has 0 fully saturated rings. The molecule has 0 amide bonds. The second-order valence-corrected chi connectivity index (χ2v) is 13.1. The van der Waals surface area contributed by atoms with Gasteiger partial charge in [0.15, 0.2) is 5.82 Å². The fraction of sp³-hybridized carbons (Fsp3) is 0. The molecule has 0 saturated carbocycles. The number of nitrogens with zero attached hydrogens (tertiary/aromatic N) is 6. The van der Waals surface area contributed by atoms with Crippen LogP contribution >= 0.6 is 0 Å². The van der Waals surface area contributed by atoms with Gasteiger partial charge < -0.3 is 4.57 Å². The number of rotatable bonds is 4. The van der Waals surface area contributed by atoms with E-state index in [4.69, 9.17) is 19.9 Å². The molecule has 6 aromatic carbocycles. The molecule has 52 heavy (non-hydrogen) atoms.